The molecule has 1 aliphatic carbocycles. The second-order valence-corrected chi connectivity index (χ2v) is 7.52. The van der Waals surface area contributed by atoms with Gasteiger partial charge in [-0.2, -0.15) is 5.26 Å². The maximum atomic E-state index is 12.8. The lowest BCUT2D eigenvalue weighted by Crippen LogP contribution is -2.22. The molecule has 1 saturated carbocycles. The predicted octanol–water partition coefficient (Wildman–Crippen LogP) is 2.22. The second kappa shape index (κ2) is 5.21. The Morgan fingerprint density at radius 2 is 1.57 bits per heavy atom. The number of hydrogen-bond acceptors (Lipinski definition) is 4. The molecule has 0 saturated heterocycles. The van der Waals surface area contributed by atoms with Crippen molar-refractivity contribution >= 4 is 15.8 Å². The summed E-state index contributed by atoms with van der Waals surface area (Å²) in [5, 5.41) is 17.7. The van der Waals surface area contributed by atoms with Gasteiger partial charge in [0.1, 0.15) is 5.25 Å². The van der Waals surface area contributed by atoms with Gasteiger partial charge >= 0.3 is 5.97 Å². The summed E-state index contributed by atoms with van der Waals surface area (Å²) in [5.74, 6) is -2.28. The second-order valence-electron chi connectivity index (χ2n) is 5.45. The molecular formula is C17H13NO4S. The highest BCUT2D eigenvalue weighted by Crippen LogP contribution is 2.63. The number of nitriles is 1. The summed E-state index contributed by atoms with van der Waals surface area (Å²) in [7, 11) is -3.93. The van der Waals surface area contributed by atoms with Gasteiger partial charge in [-0.15, -0.1) is 0 Å². The van der Waals surface area contributed by atoms with Gasteiger partial charge < -0.3 is 5.11 Å². The fraction of sp³-hybridized carbons (Fsp3) is 0.176. The lowest BCUT2D eigenvalue weighted by atomic mass is 10.0. The molecule has 0 radical (unpaired) electrons. The zero-order chi connectivity index (χ0) is 16.7. The molecule has 6 heteroatoms. The summed E-state index contributed by atoms with van der Waals surface area (Å²) in [6.07, 6.45) is 0. The molecule has 3 atom stereocenters. The molecule has 0 spiro atoms. The number of hydrogen-bond donors (Lipinski definition) is 1. The van der Waals surface area contributed by atoms with Crippen LogP contribution < -0.4 is 0 Å². The van der Waals surface area contributed by atoms with Crippen molar-refractivity contribution in [1.29, 1.82) is 5.26 Å². The lowest BCUT2D eigenvalue weighted by molar-refractivity contribution is -0.141. The van der Waals surface area contributed by atoms with Crippen molar-refractivity contribution in [3.05, 3.63) is 66.2 Å². The normalized spacial score (nSPS) is 26.2. The lowest BCUT2D eigenvalue weighted by Gasteiger charge is -2.04. The van der Waals surface area contributed by atoms with Crippen LogP contribution in [0, 0.1) is 16.7 Å². The van der Waals surface area contributed by atoms with Crippen LogP contribution >= 0.6 is 0 Å². The van der Waals surface area contributed by atoms with Gasteiger partial charge in [0.2, 0.25) is 0 Å². The number of sulfone groups is 1. The Kier molecular flexibility index (Phi) is 3.46. The van der Waals surface area contributed by atoms with Crippen molar-refractivity contribution in [2.24, 2.45) is 5.41 Å². The molecule has 1 aliphatic rings. The van der Waals surface area contributed by atoms with Crippen molar-refractivity contribution in [1.82, 2.24) is 0 Å². The van der Waals surface area contributed by atoms with Crippen molar-refractivity contribution in [3.63, 3.8) is 0 Å². The van der Waals surface area contributed by atoms with E-state index in [1.807, 2.05) is 0 Å². The van der Waals surface area contributed by atoms with Gasteiger partial charge in [0.25, 0.3) is 0 Å². The molecule has 0 heterocycles. The molecule has 1 fully saturated rings. The summed E-state index contributed by atoms with van der Waals surface area (Å²) >= 11 is 0. The third-order valence-electron chi connectivity index (χ3n) is 4.24. The molecule has 5 nitrogen and oxygen atoms in total. The highest BCUT2D eigenvalue weighted by atomic mass is 32.2. The average molecular weight is 327 g/mol. The maximum absolute atomic E-state index is 12.8. The smallest absolute Gasteiger partial charge is 0.326 e. The Balaban J connectivity index is 2.14. The van der Waals surface area contributed by atoms with Crippen LogP contribution in [0.25, 0.3) is 0 Å². The highest BCUT2D eigenvalue weighted by molar-refractivity contribution is 7.92. The third kappa shape index (κ3) is 2.13. The van der Waals surface area contributed by atoms with Gasteiger partial charge in [-0.3, -0.25) is 4.79 Å². The zero-order valence-corrected chi connectivity index (χ0v) is 12.8. The number of carbonyl (C=O) groups is 1. The van der Waals surface area contributed by atoms with Crippen molar-refractivity contribution in [2.75, 3.05) is 0 Å². The van der Waals surface area contributed by atoms with E-state index < -0.39 is 32.4 Å². The van der Waals surface area contributed by atoms with Crippen LogP contribution in [0.4, 0.5) is 0 Å². The van der Waals surface area contributed by atoms with Gasteiger partial charge in [-0.1, -0.05) is 48.5 Å². The van der Waals surface area contributed by atoms with Gasteiger partial charge in [-0.05, 0) is 17.7 Å². The molecule has 116 valence electrons. The Bertz CT molecular complexity index is 887. The Morgan fingerprint density at radius 3 is 2.04 bits per heavy atom. The molecule has 23 heavy (non-hydrogen) atoms. The van der Waals surface area contributed by atoms with Gasteiger partial charge in [0, 0.05) is 5.92 Å². The number of benzene rings is 2. The first-order valence-electron chi connectivity index (χ1n) is 6.95. The standard InChI is InChI=1S/C17H13NO4S/c18-11-17(16(19)20)14(12-7-3-1-4-8-12)15(17)23(21,22)13-9-5-2-6-10-13/h1-10,14-15H,(H,19,20)/t14-,15-,17+/m0/s1. The number of carboxylic acid groups (broad SMARTS) is 1. The van der Waals surface area contributed by atoms with Crippen molar-refractivity contribution in [3.8, 4) is 6.07 Å². The molecule has 0 unspecified atom stereocenters. The van der Waals surface area contributed by atoms with Crippen LogP contribution in [0.5, 0.6) is 0 Å². The Labute approximate surface area is 133 Å². The summed E-state index contributed by atoms with van der Waals surface area (Å²) in [6, 6.07) is 17.9. The molecule has 2 aromatic carbocycles. The number of aliphatic carboxylic acids is 1. The molecule has 1 N–H and O–H groups in total. The predicted molar refractivity (Wildman–Crippen MR) is 82.3 cm³/mol. The maximum Gasteiger partial charge on any atom is 0.326 e. The molecule has 3 rings (SSSR count). The van der Waals surface area contributed by atoms with E-state index in [4.69, 9.17) is 0 Å². The van der Waals surface area contributed by atoms with Gasteiger partial charge in [0.05, 0.1) is 11.0 Å². The van der Waals surface area contributed by atoms with Gasteiger partial charge in [0.15, 0.2) is 15.3 Å². The van der Waals surface area contributed by atoms with E-state index in [2.05, 4.69) is 0 Å². The van der Waals surface area contributed by atoms with Crippen LogP contribution in [0.2, 0.25) is 0 Å². The van der Waals surface area contributed by atoms with E-state index >= 15 is 0 Å². The fourth-order valence-corrected chi connectivity index (χ4v) is 5.34. The molecule has 0 amide bonds. The molecular weight excluding hydrogens is 314 g/mol. The summed E-state index contributed by atoms with van der Waals surface area (Å²) in [4.78, 5) is 11.7. The highest BCUT2D eigenvalue weighted by Gasteiger charge is 2.77. The van der Waals surface area contributed by atoms with Crippen LogP contribution in [0.1, 0.15) is 11.5 Å². The van der Waals surface area contributed by atoms with E-state index in [9.17, 15) is 23.6 Å². The van der Waals surface area contributed by atoms with Crippen molar-refractivity contribution in [2.45, 2.75) is 16.1 Å². The van der Waals surface area contributed by atoms with E-state index in [-0.39, 0.29) is 4.90 Å². The fourth-order valence-electron chi connectivity index (χ4n) is 3.07. The van der Waals surface area contributed by atoms with Crippen LogP contribution in [-0.2, 0) is 14.6 Å². The van der Waals surface area contributed by atoms with E-state index in [0.717, 1.165) is 0 Å². The first kappa shape index (κ1) is 15.3. The van der Waals surface area contributed by atoms with Crippen LogP contribution in [-0.4, -0.2) is 24.7 Å². The van der Waals surface area contributed by atoms with E-state index in [0.29, 0.717) is 5.56 Å². The van der Waals surface area contributed by atoms with Gasteiger partial charge in [-0.25, -0.2) is 8.42 Å². The Hall–Kier alpha value is -2.65. The minimum atomic E-state index is -3.93. The molecule has 0 aromatic heterocycles. The largest absolute Gasteiger partial charge is 0.480 e. The summed E-state index contributed by atoms with van der Waals surface area (Å²) < 4.78 is 25.7. The first-order valence-corrected chi connectivity index (χ1v) is 8.49. The van der Waals surface area contributed by atoms with E-state index in [1.165, 1.54) is 12.1 Å². The molecule has 0 aliphatic heterocycles. The topological polar surface area (TPSA) is 95.2 Å². The monoisotopic (exact) mass is 327 g/mol. The molecule has 0 bridgehead atoms. The SMILES string of the molecule is N#C[C@@]1(C(=O)O)[C@@H](c2ccccc2)[C@@H]1S(=O)(=O)c1ccccc1. The van der Waals surface area contributed by atoms with Crippen molar-refractivity contribution < 1.29 is 18.3 Å². The van der Waals surface area contributed by atoms with Crippen LogP contribution in [0.3, 0.4) is 0 Å². The molecule has 2 aromatic rings. The Morgan fingerprint density at radius 1 is 1.04 bits per heavy atom. The minimum Gasteiger partial charge on any atom is -0.480 e. The number of carboxylic acids is 1. The average Bonchev–Trinajstić information content (AvgIpc) is 3.28. The summed E-state index contributed by atoms with van der Waals surface area (Å²) in [5.41, 5.74) is -1.41. The quantitative estimate of drug-likeness (QED) is 0.929. The first-order chi connectivity index (χ1) is 11.0. The number of nitrogens with zero attached hydrogens (tertiary/aromatic N) is 1. The summed E-state index contributed by atoms with van der Waals surface area (Å²) in [6.45, 7) is 0. The number of rotatable bonds is 4. The minimum absolute atomic E-state index is 0.0318. The third-order valence-corrected chi connectivity index (χ3v) is 6.48. The van der Waals surface area contributed by atoms with Crippen LogP contribution in [0.15, 0.2) is 65.6 Å². The van der Waals surface area contributed by atoms with E-state index in [1.54, 1.807) is 54.6 Å². The zero-order valence-electron chi connectivity index (χ0n) is 12.0.